The molecular weight excluding hydrogens is 316 g/mol. The summed E-state index contributed by atoms with van der Waals surface area (Å²) < 4.78 is 35.4. The van der Waals surface area contributed by atoms with Gasteiger partial charge in [-0.05, 0) is 0 Å². The predicted octanol–water partition coefficient (Wildman–Crippen LogP) is -4.10. The number of hydrogen-bond donors (Lipinski definition) is 5. The van der Waals surface area contributed by atoms with E-state index in [9.17, 15) is 28.3 Å². The van der Waals surface area contributed by atoms with Crippen LogP contribution in [0.15, 0.2) is 0 Å². The Labute approximate surface area is 119 Å². The van der Waals surface area contributed by atoms with Crippen LogP contribution in [0.25, 0.3) is 0 Å². The van der Waals surface area contributed by atoms with Gasteiger partial charge in [-0.3, -0.25) is 4.18 Å². The minimum atomic E-state index is -5.07. The Morgan fingerprint density at radius 3 is 2.40 bits per heavy atom. The van der Waals surface area contributed by atoms with E-state index >= 15 is 0 Å². The highest BCUT2D eigenvalue weighted by Crippen LogP contribution is 2.25. The molecule has 0 aromatic heterocycles. The predicted molar refractivity (Wildman–Crippen MR) is 67.6 cm³/mol. The second kappa shape index (κ2) is 7.33. The molecule has 6 atom stereocenters. The summed E-state index contributed by atoms with van der Waals surface area (Å²) in [7, 11) is -5.86. The molecule has 5 N–H and O–H groups in total. The zero-order valence-electron chi connectivity index (χ0n) is 10.4. The molecule has 1 heterocycles. The van der Waals surface area contributed by atoms with Crippen molar-refractivity contribution in [2.45, 2.75) is 29.7 Å². The lowest BCUT2D eigenvalue weighted by Gasteiger charge is -2.22. The van der Waals surface area contributed by atoms with Crippen LogP contribution in [0, 0.1) is 0 Å². The summed E-state index contributed by atoms with van der Waals surface area (Å²) in [5.41, 5.74) is 0. The van der Waals surface area contributed by atoms with Crippen LogP contribution in [-0.2, 0) is 25.5 Å². The standard InChI is InChI=1S/C9H18O9S2/c10-1-7(18-20(15,16)17)5(12)3-19-4-6(13)9(14)8(19)2-11/h5-14H,1-4H2/t5-,6+,7-,8-,9-,19?/m0/s1. The molecule has 11 heteroatoms. The van der Waals surface area contributed by atoms with Crippen LogP contribution < -0.4 is 0 Å². The zero-order valence-corrected chi connectivity index (χ0v) is 12.0. The molecule has 1 aliphatic heterocycles. The van der Waals surface area contributed by atoms with E-state index in [0.717, 1.165) is 0 Å². The maximum Gasteiger partial charge on any atom is 0.218 e. The monoisotopic (exact) mass is 334 g/mol. The van der Waals surface area contributed by atoms with Gasteiger partial charge < -0.3 is 30.1 Å². The van der Waals surface area contributed by atoms with Gasteiger partial charge in [0, 0.05) is 10.9 Å². The van der Waals surface area contributed by atoms with E-state index in [1.807, 2.05) is 0 Å². The van der Waals surface area contributed by atoms with E-state index < -0.39 is 64.2 Å². The van der Waals surface area contributed by atoms with Crippen LogP contribution in [0.5, 0.6) is 0 Å². The minimum Gasteiger partial charge on any atom is -0.726 e. The molecular formula is C9H18O9S2. The Morgan fingerprint density at radius 1 is 1.35 bits per heavy atom. The molecule has 0 saturated carbocycles. The van der Waals surface area contributed by atoms with Crippen LogP contribution in [0.2, 0.25) is 0 Å². The molecule has 0 bridgehead atoms. The van der Waals surface area contributed by atoms with Gasteiger partial charge in [0.15, 0.2) is 5.25 Å². The molecule has 0 amide bonds. The second-order valence-electron chi connectivity index (χ2n) is 4.44. The van der Waals surface area contributed by atoms with Gasteiger partial charge >= 0.3 is 0 Å². The third-order valence-corrected chi connectivity index (χ3v) is 6.31. The fourth-order valence-corrected chi connectivity index (χ4v) is 5.18. The van der Waals surface area contributed by atoms with E-state index in [0.29, 0.717) is 0 Å². The molecule has 1 fully saturated rings. The third kappa shape index (κ3) is 4.79. The van der Waals surface area contributed by atoms with Gasteiger partial charge in [-0.2, -0.15) is 0 Å². The average molecular weight is 334 g/mol. The summed E-state index contributed by atoms with van der Waals surface area (Å²) >= 11 is 0. The van der Waals surface area contributed by atoms with Crippen LogP contribution >= 0.6 is 0 Å². The Bertz CT molecular complexity index is 400. The maximum absolute atomic E-state index is 10.4. The van der Waals surface area contributed by atoms with Gasteiger partial charge in [0.25, 0.3) is 0 Å². The summed E-state index contributed by atoms with van der Waals surface area (Å²) in [5, 5.41) is 46.3. The highest BCUT2D eigenvalue weighted by atomic mass is 32.3. The SMILES string of the molecule is O=S(=O)([O-])O[C@@H](CO)[C@@H](O)C[S+]1C[C@@H](O)[C@H](O)[C@@H]1CO. The van der Waals surface area contributed by atoms with Gasteiger partial charge in [-0.25, -0.2) is 8.42 Å². The lowest BCUT2D eigenvalue weighted by atomic mass is 10.2. The molecule has 0 aromatic carbocycles. The van der Waals surface area contributed by atoms with E-state index in [4.69, 9.17) is 10.2 Å². The molecule has 0 radical (unpaired) electrons. The van der Waals surface area contributed by atoms with Crippen LogP contribution in [0.4, 0.5) is 0 Å². The first-order chi connectivity index (χ1) is 9.19. The average Bonchev–Trinajstić information content (AvgIpc) is 2.60. The molecule has 1 unspecified atom stereocenters. The molecule has 1 rings (SSSR count). The summed E-state index contributed by atoms with van der Waals surface area (Å²) in [4.78, 5) is 0. The highest BCUT2D eigenvalue weighted by Gasteiger charge is 2.50. The summed E-state index contributed by atoms with van der Waals surface area (Å²) in [6, 6.07) is 0. The van der Waals surface area contributed by atoms with Gasteiger partial charge in [-0.1, -0.05) is 0 Å². The smallest absolute Gasteiger partial charge is 0.218 e. The minimum absolute atomic E-state index is 0.111. The molecule has 9 nitrogen and oxygen atoms in total. The fraction of sp³-hybridized carbons (Fsp3) is 1.00. The van der Waals surface area contributed by atoms with Gasteiger partial charge in [0.1, 0.15) is 35.9 Å². The van der Waals surface area contributed by atoms with Crippen LogP contribution in [0.1, 0.15) is 0 Å². The van der Waals surface area contributed by atoms with Crippen LogP contribution in [-0.4, -0.2) is 92.9 Å². The molecule has 20 heavy (non-hydrogen) atoms. The quantitative estimate of drug-likeness (QED) is 0.176. The number of hydrogen-bond acceptors (Lipinski definition) is 9. The number of aliphatic hydroxyl groups excluding tert-OH is 5. The first kappa shape index (κ1) is 18.1. The van der Waals surface area contributed by atoms with Crippen molar-refractivity contribution in [1.29, 1.82) is 0 Å². The van der Waals surface area contributed by atoms with Crippen molar-refractivity contribution in [3.05, 3.63) is 0 Å². The normalized spacial score (nSPS) is 34.1. The highest BCUT2D eigenvalue weighted by molar-refractivity contribution is 7.97. The molecule has 0 spiro atoms. The number of aliphatic hydroxyl groups is 5. The van der Waals surface area contributed by atoms with Crippen molar-refractivity contribution in [1.82, 2.24) is 0 Å². The maximum atomic E-state index is 10.4. The van der Waals surface area contributed by atoms with Crippen molar-refractivity contribution in [3.63, 3.8) is 0 Å². The lowest BCUT2D eigenvalue weighted by molar-refractivity contribution is 0.0105. The van der Waals surface area contributed by atoms with Crippen molar-refractivity contribution < 1.29 is 42.7 Å². The third-order valence-electron chi connectivity index (χ3n) is 3.00. The van der Waals surface area contributed by atoms with Gasteiger partial charge in [-0.15, -0.1) is 0 Å². The van der Waals surface area contributed by atoms with Crippen molar-refractivity contribution >= 4 is 21.3 Å². The zero-order chi connectivity index (χ0) is 15.5. The topological polar surface area (TPSA) is 168 Å². The van der Waals surface area contributed by atoms with Crippen molar-refractivity contribution in [3.8, 4) is 0 Å². The number of rotatable bonds is 7. The first-order valence-corrected chi connectivity index (χ1v) is 8.71. The van der Waals surface area contributed by atoms with Crippen molar-refractivity contribution in [2.24, 2.45) is 0 Å². The van der Waals surface area contributed by atoms with Gasteiger partial charge in [0.2, 0.25) is 10.4 Å². The molecule has 1 aliphatic rings. The first-order valence-electron chi connectivity index (χ1n) is 5.76. The van der Waals surface area contributed by atoms with Crippen molar-refractivity contribution in [2.75, 3.05) is 24.7 Å². The Balaban J connectivity index is 2.66. The molecule has 1 saturated heterocycles. The summed E-state index contributed by atoms with van der Waals surface area (Å²) in [5.74, 6) is 0.0197. The fourth-order valence-electron chi connectivity index (χ4n) is 1.99. The second-order valence-corrected chi connectivity index (χ2v) is 7.80. The molecule has 0 aromatic rings. The molecule has 0 aliphatic carbocycles. The van der Waals surface area contributed by atoms with Gasteiger partial charge in [0.05, 0.1) is 13.2 Å². The molecule has 120 valence electrons. The van der Waals surface area contributed by atoms with E-state index in [1.54, 1.807) is 0 Å². The summed E-state index contributed by atoms with van der Waals surface area (Å²) in [6.45, 7) is -1.28. The van der Waals surface area contributed by atoms with E-state index in [2.05, 4.69) is 4.18 Å². The van der Waals surface area contributed by atoms with E-state index in [1.165, 1.54) is 0 Å². The summed E-state index contributed by atoms with van der Waals surface area (Å²) in [6.07, 6.45) is -5.26. The van der Waals surface area contributed by atoms with E-state index in [-0.39, 0.29) is 11.5 Å². The Hall–Kier alpha value is 0.0200. The lowest BCUT2D eigenvalue weighted by Crippen LogP contribution is -2.42. The van der Waals surface area contributed by atoms with Crippen LogP contribution in [0.3, 0.4) is 0 Å². The largest absolute Gasteiger partial charge is 0.726 e. The Morgan fingerprint density at radius 2 is 1.95 bits per heavy atom. The Kier molecular flexibility index (Phi) is 6.63.